The van der Waals surface area contributed by atoms with E-state index in [9.17, 15) is 0 Å². The summed E-state index contributed by atoms with van der Waals surface area (Å²) in [5.74, 6) is 2.42. The van der Waals surface area contributed by atoms with E-state index in [2.05, 4.69) is 58.3 Å². The van der Waals surface area contributed by atoms with Crippen molar-refractivity contribution < 1.29 is 0 Å². The third-order valence-corrected chi connectivity index (χ3v) is 4.59. The first-order chi connectivity index (χ1) is 11.7. The van der Waals surface area contributed by atoms with Gasteiger partial charge < -0.3 is 14.8 Å². The zero-order valence-corrected chi connectivity index (χ0v) is 17.6. The van der Waals surface area contributed by atoms with Gasteiger partial charge in [0, 0.05) is 39.1 Å². The molecule has 2 aromatic rings. The molecule has 0 saturated carbocycles. The molecular weight excluding hydrogens is 425 g/mol. The molecule has 6 heteroatoms. The van der Waals surface area contributed by atoms with Crippen LogP contribution in [0.4, 0.5) is 0 Å². The van der Waals surface area contributed by atoms with Gasteiger partial charge in [-0.3, -0.25) is 4.99 Å². The summed E-state index contributed by atoms with van der Waals surface area (Å²) in [6.07, 6.45) is 6.92. The Kier molecular flexibility index (Phi) is 7.28. The second kappa shape index (κ2) is 9.22. The molecule has 1 saturated heterocycles. The topological polar surface area (TPSA) is 45.5 Å². The first-order valence-corrected chi connectivity index (χ1v) is 8.69. The Balaban J connectivity index is 0.00000225. The van der Waals surface area contributed by atoms with Crippen LogP contribution in [0.2, 0.25) is 0 Å². The van der Waals surface area contributed by atoms with Crippen molar-refractivity contribution in [2.24, 2.45) is 16.8 Å². The highest BCUT2D eigenvalue weighted by molar-refractivity contribution is 14.0. The van der Waals surface area contributed by atoms with Gasteiger partial charge in [-0.15, -0.1) is 24.0 Å². The lowest BCUT2D eigenvalue weighted by Gasteiger charge is -2.37. The van der Waals surface area contributed by atoms with Gasteiger partial charge in [0.15, 0.2) is 5.96 Å². The number of guanidine groups is 1. The molecule has 0 spiro atoms. The Morgan fingerprint density at radius 3 is 2.60 bits per heavy atom. The molecule has 1 aliphatic rings. The molecule has 1 N–H and O–H groups in total. The summed E-state index contributed by atoms with van der Waals surface area (Å²) >= 11 is 0. The normalized spacial score (nSPS) is 20.9. The summed E-state index contributed by atoms with van der Waals surface area (Å²) in [5.41, 5.74) is 2.38. The van der Waals surface area contributed by atoms with Crippen molar-refractivity contribution in [3.05, 3.63) is 48.5 Å². The minimum absolute atomic E-state index is 0. The molecular formula is C19H28IN5. The van der Waals surface area contributed by atoms with Gasteiger partial charge in [0.25, 0.3) is 0 Å². The molecule has 0 radical (unpaired) electrons. The zero-order valence-electron chi connectivity index (χ0n) is 15.2. The average molecular weight is 453 g/mol. The fraction of sp³-hybridized carbons (Fsp3) is 0.474. The van der Waals surface area contributed by atoms with Gasteiger partial charge in [0.2, 0.25) is 0 Å². The summed E-state index contributed by atoms with van der Waals surface area (Å²) in [6, 6.07) is 8.40. The Morgan fingerprint density at radius 2 is 1.96 bits per heavy atom. The number of imidazole rings is 1. The second-order valence-corrected chi connectivity index (χ2v) is 6.85. The lowest BCUT2D eigenvalue weighted by molar-refractivity contribution is 0.208. The summed E-state index contributed by atoms with van der Waals surface area (Å²) < 4.78 is 2.05. The predicted octanol–water partition coefficient (Wildman–Crippen LogP) is 3.54. The molecule has 1 aliphatic heterocycles. The number of aromatic nitrogens is 2. The number of hydrogen-bond acceptors (Lipinski definition) is 2. The monoisotopic (exact) mass is 453 g/mol. The summed E-state index contributed by atoms with van der Waals surface area (Å²) in [5, 5.41) is 3.54. The van der Waals surface area contributed by atoms with Crippen molar-refractivity contribution >= 4 is 29.9 Å². The van der Waals surface area contributed by atoms with E-state index < -0.39 is 0 Å². The highest BCUT2D eigenvalue weighted by atomic mass is 127. The number of piperidine rings is 1. The van der Waals surface area contributed by atoms with Crippen LogP contribution in [0, 0.1) is 11.8 Å². The minimum Gasteiger partial charge on any atom is -0.352 e. The Bertz CT molecular complexity index is 673. The van der Waals surface area contributed by atoms with Crippen LogP contribution in [0.3, 0.4) is 0 Å². The maximum absolute atomic E-state index is 4.50. The van der Waals surface area contributed by atoms with Crippen molar-refractivity contribution in [2.75, 3.05) is 20.1 Å². The standard InChI is InChI=1S/C19H27N5.HI/c1-15-10-16(2)13-24(12-15)19(20-3)22-11-17-6-4-5-7-18(17)23-9-8-21-14-23;/h4-9,14-16H,10-13H2,1-3H3,(H,20,22);1H. The fourth-order valence-electron chi connectivity index (χ4n) is 3.66. The molecule has 0 amide bonds. The molecule has 0 bridgehead atoms. The number of rotatable bonds is 3. The predicted molar refractivity (Wildman–Crippen MR) is 114 cm³/mol. The van der Waals surface area contributed by atoms with Crippen LogP contribution in [-0.4, -0.2) is 40.5 Å². The van der Waals surface area contributed by atoms with E-state index in [1.165, 1.54) is 12.0 Å². The molecule has 2 heterocycles. The Labute approximate surface area is 167 Å². The highest BCUT2D eigenvalue weighted by Crippen LogP contribution is 2.21. The van der Waals surface area contributed by atoms with Crippen LogP contribution in [0.25, 0.3) is 5.69 Å². The second-order valence-electron chi connectivity index (χ2n) is 6.85. The molecule has 2 atom stereocenters. The third-order valence-electron chi connectivity index (χ3n) is 4.59. The van der Waals surface area contributed by atoms with Crippen molar-refractivity contribution in [2.45, 2.75) is 26.8 Å². The van der Waals surface area contributed by atoms with E-state index in [0.29, 0.717) is 11.8 Å². The van der Waals surface area contributed by atoms with Crippen molar-refractivity contribution in [3.63, 3.8) is 0 Å². The number of nitrogens with one attached hydrogen (secondary N) is 1. The van der Waals surface area contributed by atoms with Crippen LogP contribution in [0.1, 0.15) is 25.8 Å². The molecule has 1 aromatic carbocycles. The van der Waals surface area contributed by atoms with Crippen LogP contribution in [0.15, 0.2) is 48.0 Å². The summed E-state index contributed by atoms with van der Waals surface area (Å²) in [7, 11) is 1.87. The summed E-state index contributed by atoms with van der Waals surface area (Å²) in [6.45, 7) is 7.55. The molecule has 1 aromatic heterocycles. The minimum atomic E-state index is 0. The Morgan fingerprint density at radius 1 is 1.24 bits per heavy atom. The van der Waals surface area contributed by atoms with E-state index in [4.69, 9.17) is 0 Å². The Hall–Kier alpha value is -1.57. The SMILES string of the molecule is CN=C(NCc1ccccc1-n1ccnc1)N1CC(C)CC(C)C1.I. The van der Waals surface area contributed by atoms with Gasteiger partial charge in [-0.05, 0) is 29.9 Å². The van der Waals surface area contributed by atoms with Gasteiger partial charge in [0.05, 0.1) is 12.0 Å². The number of benzene rings is 1. The van der Waals surface area contributed by atoms with Crippen molar-refractivity contribution in [1.29, 1.82) is 0 Å². The van der Waals surface area contributed by atoms with E-state index in [1.54, 1.807) is 6.20 Å². The lowest BCUT2D eigenvalue weighted by Crippen LogP contribution is -2.48. The maximum Gasteiger partial charge on any atom is 0.193 e. The van der Waals surface area contributed by atoms with E-state index >= 15 is 0 Å². The maximum atomic E-state index is 4.50. The molecule has 3 rings (SSSR count). The molecule has 2 unspecified atom stereocenters. The van der Waals surface area contributed by atoms with Crippen LogP contribution in [0.5, 0.6) is 0 Å². The van der Waals surface area contributed by atoms with Gasteiger partial charge in [-0.1, -0.05) is 32.0 Å². The number of likely N-dealkylation sites (tertiary alicyclic amines) is 1. The number of nitrogens with zero attached hydrogens (tertiary/aromatic N) is 4. The van der Waals surface area contributed by atoms with Crippen LogP contribution in [-0.2, 0) is 6.54 Å². The van der Waals surface area contributed by atoms with Gasteiger partial charge in [-0.2, -0.15) is 0 Å². The smallest absolute Gasteiger partial charge is 0.193 e. The molecule has 136 valence electrons. The van der Waals surface area contributed by atoms with E-state index in [0.717, 1.165) is 31.3 Å². The summed E-state index contributed by atoms with van der Waals surface area (Å²) in [4.78, 5) is 11.0. The van der Waals surface area contributed by atoms with Gasteiger partial charge in [0.1, 0.15) is 0 Å². The lowest BCUT2D eigenvalue weighted by atomic mass is 9.92. The molecule has 0 aliphatic carbocycles. The largest absolute Gasteiger partial charge is 0.352 e. The zero-order chi connectivity index (χ0) is 16.9. The first kappa shape index (κ1) is 19.8. The van der Waals surface area contributed by atoms with Crippen molar-refractivity contribution in [1.82, 2.24) is 19.8 Å². The first-order valence-electron chi connectivity index (χ1n) is 8.69. The number of hydrogen-bond donors (Lipinski definition) is 1. The number of halogens is 1. The average Bonchev–Trinajstić information content (AvgIpc) is 3.09. The van der Waals surface area contributed by atoms with Crippen molar-refractivity contribution in [3.8, 4) is 5.69 Å². The fourth-order valence-corrected chi connectivity index (χ4v) is 3.66. The quantitative estimate of drug-likeness (QED) is 0.440. The molecule has 5 nitrogen and oxygen atoms in total. The van der Waals surface area contributed by atoms with E-state index in [1.807, 2.05) is 24.1 Å². The third kappa shape index (κ3) is 4.96. The number of aliphatic imine (C=N–C) groups is 1. The van der Waals surface area contributed by atoms with Gasteiger partial charge in [-0.25, -0.2) is 4.98 Å². The molecule has 25 heavy (non-hydrogen) atoms. The molecule has 1 fully saturated rings. The van der Waals surface area contributed by atoms with E-state index in [-0.39, 0.29) is 24.0 Å². The van der Waals surface area contributed by atoms with Crippen LogP contribution >= 0.6 is 24.0 Å². The number of para-hydroxylation sites is 1. The van der Waals surface area contributed by atoms with Gasteiger partial charge >= 0.3 is 0 Å². The highest BCUT2D eigenvalue weighted by Gasteiger charge is 2.24. The van der Waals surface area contributed by atoms with Crippen LogP contribution < -0.4 is 5.32 Å².